The number of nitrogens with zero attached hydrogens (tertiary/aromatic N) is 1. The molecule has 1 saturated heterocycles. The van der Waals surface area contributed by atoms with Gasteiger partial charge in [-0.2, -0.15) is 0 Å². The largest absolute Gasteiger partial charge is 0.341 e. The maximum absolute atomic E-state index is 4.79. The number of aromatic nitrogens is 2. The summed E-state index contributed by atoms with van der Waals surface area (Å²) < 4.78 is 0. The summed E-state index contributed by atoms with van der Waals surface area (Å²) in [6, 6.07) is 4.79. The zero-order chi connectivity index (χ0) is 13.4. The first-order chi connectivity index (χ1) is 9.17. The van der Waals surface area contributed by atoms with Gasteiger partial charge in [-0.05, 0) is 62.4 Å². The molecule has 3 nitrogen and oxygen atoms in total. The Morgan fingerprint density at radius 3 is 2.84 bits per heavy atom. The molecule has 0 saturated carbocycles. The number of benzene rings is 1. The SMILES string of the molecule is CCC1CCNC(c2nc3cc(C)c(C)cc3[nH]2)C1. The minimum absolute atomic E-state index is 0.395. The van der Waals surface area contributed by atoms with Crippen LogP contribution >= 0.6 is 0 Å². The van der Waals surface area contributed by atoms with Gasteiger partial charge in [-0.1, -0.05) is 13.3 Å². The topological polar surface area (TPSA) is 40.7 Å². The zero-order valence-electron chi connectivity index (χ0n) is 12.1. The van der Waals surface area contributed by atoms with Gasteiger partial charge in [0, 0.05) is 0 Å². The standard InChI is InChI=1S/C16H23N3/c1-4-12-5-6-17-15(9-12)16-18-13-7-10(2)11(3)8-14(13)19-16/h7-8,12,15,17H,4-6,9H2,1-3H3,(H,18,19). The van der Waals surface area contributed by atoms with E-state index in [1.807, 2.05) is 0 Å². The average molecular weight is 257 g/mol. The lowest BCUT2D eigenvalue weighted by Gasteiger charge is -2.28. The third kappa shape index (κ3) is 2.39. The lowest BCUT2D eigenvalue weighted by atomic mass is 9.90. The van der Waals surface area contributed by atoms with E-state index < -0.39 is 0 Å². The van der Waals surface area contributed by atoms with Crippen molar-refractivity contribution in [3.05, 3.63) is 29.1 Å². The van der Waals surface area contributed by atoms with Crippen LogP contribution in [0.3, 0.4) is 0 Å². The molecular formula is C16H23N3. The minimum Gasteiger partial charge on any atom is -0.341 e. The van der Waals surface area contributed by atoms with E-state index in [1.54, 1.807) is 0 Å². The Morgan fingerprint density at radius 2 is 2.05 bits per heavy atom. The number of H-pyrrole nitrogens is 1. The highest BCUT2D eigenvalue weighted by molar-refractivity contribution is 5.77. The fourth-order valence-electron chi connectivity index (χ4n) is 3.03. The van der Waals surface area contributed by atoms with Crippen molar-refractivity contribution in [3.8, 4) is 0 Å². The van der Waals surface area contributed by atoms with Crippen molar-refractivity contribution in [3.63, 3.8) is 0 Å². The van der Waals surface area contributed by atoms with Crippen molar-refractivity contribution in [1.82, 2.24) is 15.3 Å². The molecule has 2 unspecified atom stereocenters. The van der Waals surface area contributed by atoms with E-state index in [-0.39, 0.29) is 0 Å². The monoisotopic (exact) mass is 257 g/mol. The fraction of sp³-hybridized carbons (Fsp3) is 0.562. The number of aromatic amines is 1. The molecule has 0 spiro atoms. The Bertz CT molecular complexity index is 546. The lowest BCUT2D eigenvalue weighted by Crippen LogP contribution is -2.32. The summed E-state index contributed by atoms with van der Waals surface area (Å²) >= 11 is 0. The molecule has 1 aliphatic heterocycles. The second-order valence-electron chi connectivity index (χ2n) is 5.88. The van der Waals surface area contributed by atoms with Crippen LogP contribution in [0.1, 0.15) is 49.2 Å². The van der Waals surface area contributed by atoms with Crippen molar-refractivity contribution in [1.29, 1.82) is 0 Å². The second kappa shape index (κ2) is 4.97. The molecule has 102 valence electrons. The van der Waals surface area contributed by atoms with Crippen molar-refractivity contribution in [2.45, 2.75) is 46.1 Å². The summed E-state index contributed by atoms with van der Waals surface area (Å²) in [4.78, 5) is 8.29. The highest BCUT2D eigenvalue weighted by Gasteiger charge is 2.23. The Labute approximate surface area is 114 Å². The number of aryl methyl sites for hydroxylation is 2. The molecule has 0 aliphatic carbocycles. The third-order valence-corrected chi connectivity index (χ3v) is 4.54. The molecule has 1 fully saturated rings. The van der Waals surface area contributed by atoms with Crippen molar-refractivity contribution >= 4 is 11.0 Å². The summed E-state index contributed by atoms with van der Waals surface area (Å²) in [6.45, 7) is 7.70. The molecule has 3 heteroatoms. The highest BCUT2D eigenvalue weighted by atomic mass is 15.0. The van der Waals surface area contributed by atoms with E-state index in [0.29, 0.717) is 6.04 Å². The Hall–Kier alpha value is -1.35. The summed E-state index contributed by atoms with van der Waals surface area (Å²) in [5.74, 6) is 1.95. The summed E-state index contributed by atoms with van der Waals surface area (Å²) in [5, 5.41) is 3.60. The molecule has 2 N–H and O–H groups in total. The van der Waals surface area contributed by atoms with Crippen LogP contribution in [0.15, 0.2) is 12.1 Å². The van der Waals surface area contributed by atoms with Crippen LogP contribution < -0.4 is 5.32 Å². The Kier molecular flexibility index (Phi) is 3.31. The quantitative estimate of drug-likeness (QED) is 0.862. The van der Waals surface area contributed by atoms with Crippen LogP contribution in [-0.2, 0) is 0 Å². The molecule has 0 bridgehead atoms. The smallest absolute Gasteiger partial charge is 0.124 e. The zero-order valence-corrected chi connectivity index (χ0v) is 12.1. The number of imidazole rings is 1. The molecule has 2 heterocycles. The molecule has 0 amide bonds. The van der Waals surface area contributed by atoms with Crippen LogP contribution in [0.5, 0.6) is 0 Å². The van der Waals surface area contributed by atoms with Gasteiger partial charge in [-0.25, -0.2) is 4.98 Å². The molecule has 1 aromatic heterocycles. The van der Waals surface area contributed by atoms with Gasteiger partial charge < -0.3 is 10.3 Å². The number of rotatable bonds is 2. The number of piperidine rings is 1. The molecule has 0 radical (unpaired) electrons. The van der Waals surface area contributed by atoms with Gasteiger partial charge in [-0.3, -0.25) is 0 Å². The van der Waals surface area contributed by atoms with Crippen LogP contribution in [0.4, 0.5) is 0 Å². The van der Waals surface area contributed by atoms with E-state index in [1.165, 1.54) is 35.9 Å². The Balaban J connectivity index is 1.92. The maximum Gasteiger partial charge on any atom is 0.124 e. The molecule has 2 aromatic rings. The second-order valence-corrected chi connectivity index (χ2v) is 5.88. The predicted octanol–water partition coefficient (Wildman–Crippen LogP) is 3.63. The molecule has 1 aliphatic rings. The van der Waals surface area contributed by atoms with Crippen LogP contribution in [-0.4, -0.2) is 16.5 Å². The van der Waals surface area contributed by atoms with E-state index in [9.17, 15) is 0 Å². The first-order valence-electron chi connectivity index (χ1n) is 7.37. The molecule has 19 heavy (non-hydrogen) atoms. The third-order valence-electron chi connectivity index (χ3n) is 4.54. The van der Waals surface area contributed by atoms with Crippen molar-refractivity contribution < 1.29 is 0 Å². The highest BCUT2D eigenvalue weighted by Crippen LogP contribution is 2.29. The van der Waals surface area contributed by atoms with E-state index in [4.69, 9.17) is 4.98 Å². The van der Waals surface area contributed by atoms with Crippen molar-refractivity contribution in [2.75, 3.05) is 6.54 Å². The molecule has 3 rings (SSSR count). The van der Waals surface area contributed by atoms with Gasteiger partial charge >= 0.3 is 0 Å². The first-order valence-corrected chi connectivity index (χ1v) is 7.37. The van der Waals surface area contributed by atoms with Crippen LogP contribution in [0.2, 0.25) is 0 Å². The average Bonchev–Trinajstić information content (AvgIpc) is 2.82. The summed E-state index contributed by atoms with van der Waals surface area (Å²) in [7, 11) is 0. The molecule has 1 aromatic carbocycles. The number of fused-ring (bicyclic) bond motifs is 1. The maximum atomic E-state index is 4.79. The van der Waals surface area contributed by atoms with Crippen molar-refractivity contribution in [2.24, 2.45) is 5.92 Å². The predicted molar refractivity (Wildman–Crippen MR) is 79.3 cm³/mol. The fourth-order valence-corrected chi connectivity index (χ4v) is 3.03. The van der Waals surface area contributed by atoms with Gasteiger partial charge in [0.05, 0.1) is 17.1 Å². The lowest BCUT2D eigenvalue weighted by molar-refractivity contribution is 0.292. The molecule has 2 atom stereocenters. The van der Waals surface area contributed by atoms with Gasteiger partial charge in [0.15, 0.2) is 0 Å². The normalized spacial score (nSPS) is 23.9. The summed E-state index contributed by atoms with van der Waals surface area (Å²) in [5.41, 5.74) is 4.90. The van der Waals surface area contributed by atoms with Gasteiger partial charge in [0.1, 0.15) is 5.82 Å². The number of hydrogen-bond donors (Lipinski definition) is 2. The molecular weight excluding hydrogens is 234 g/mol. The van der Waals surface area contributed by atoms with Gasteiger partial charge in [0.25, 0.3) is 0 Å². The van der Waals surface area contributed by atoms with E-state index in [0.717, 1.165) is 23.8 Å². The number of hydrogen-bond acceptors (Lipinski definition) is 2. The number of nitrogens with one attached hydrogen (secondary N) is 2. The van der Waals surface area contributed by atoms with Gasteiger partial charge in [0.2, 0.25) is 0 Å². The first kappa shape index (κ1) is 12.7. The van der Waals surface area contributed by atoms with Crippen LogP contribution in [0, 0.1) is 19.8 Å². The van der Waals surface area contributed by atoms with E-state index in [2.05, 4.69) is 43.2 Å². The van der Waals surface area contributed by atoms with E-state index >= 15 is 0 Å². The van der Waals surface area contributed by atoms with Crippen LogP contribution in [0.25, 0.3) is 11.0 Å². The Morgan fingerprint density at radius 1 is 1.26 bits per heavy atom. The minimum atomic E-state index is 0.395. The summed E-state index contributed by atoms with van der Waals surface area (Å²) in [6.07, 6.45) is 3.77. The van der Waals surface area contributed by atoms with Gasteiger partial charge in [-0.15, -0.1) is 0 Å².